The van der Waals surface area contributed by atoms with E-state index in [1.807, 2.05) is 0 Å². The number of aromatic amines is 1. The fourth-order valence-electron chi connectivity index (χ4n) is 2.19. The van der Waals surface area contributed by atoms with Crippen LogP contribution in [0.25, 0.3) is 0 Å². The van der Waals surface area contributed by atoms with E-state index in [-0.39, 0.29) is 24.8 Å². The van der Waals surface area contributed by atoms with E-state index in [1.54, 1.807) is 0 Å². The van der Waals surface area contributed by atoms with Crippen molar-refractivity contribution in [3.05, 3.63) is 16.3 Å². The van der Waals surface area contributed by atoms with Gasteiger partial charge in [0.15, 0.2) is 0 Å². The van der Waals surface area contributed by atoms with E-state index in [0.717, 1.165) is 4.68 Å². The number of aliphatic hydroxyl groups is 2. The van der Waals surface area contributed by atoms with Gasteiger partial charge in [-0.15, -0.1) is 5.10 Å². The predicted octanol–water partition coefficient (Wildman–Crippen LogP) is -1.84. The van der Waals surface area contributed by atoms with Gasteiger partial charge in [0.1, 0.15) is 0 Å². The van der Waals surface area contributed by atoms with Gasteiger partial charge >= 0.3 is 5.69 Å². The van der Waals surface area contributed by atoms with E-state index in [1.165, 1.54) is 11.9 Å². The van der Waals surface area contributed by atoms with Crippen LogP contribution in [0.2, 0.25) is 0 Å². The van der Waals surface area contributed by atoms with Gasteiger partial charge in [-0.05, 0) is 19.3 Å². The Morgan fingerprint density at radius 1 is 1.45 bits per heavy atom. The first-order valence-electron chi connectivity index (χ1n) is 6.70. The first-order valence-corrected chi connectivity index (χ1v) is 6.70. The molecule has 1 aliphatic rings. The molecular weight excluding hydrogens is 296 g/mol. The summed E-state index contributed by atoms with van der Waals surface area (Å²) in [4.78, 5) is 35.7. The number of nitrogens with one attached hydrogen (secondary N) is 1. The monoisotopic (exact) mass is 316 g/mol. The van der Waals surface area contributed by atoms with Crippen LogP contribution in [-0.2, 0) is 11.8 Å². The van der Waals surface area contributed by atoms with Crippen molar-refractivity contribution in [2.75, 3.05) is 19.7 Å². The molecule has 0 aromatic carbocycles. The highest BCUT2D eigenvalue weighted by Crippen LogP contribution is 2.22. The third kappa shape index (κ3) is 4.40. The van der Waals surface area contributed by atoms with Crippen LogP contribution in [0.3, 0.4) is 0 Å². The number of rotatable bonds is 2. The van der Waals surface area contributed by atoms with E-state index in [4.69, 9.17) is 15.0 Å². The van der Waals surface area contributed by atoms with Crippen molar-refractivity contribution in [2.45, 2.75) is 24.9 Å². The van der Waals surface area contributed by atoms with Crippen molar-refractivity contribution in [3.8, 4) is 0 Å². The highest BCUT2D eigenvalue weighted by molar-refractivity contribution is 5.90. The molecule has 1 aromatic heterocycles. The maximum absolute atomic E-state index is 12.2. The minimum absolute atomic E-state index is 0.00179. The number of carbonyl (C=O) groups excluding carboxylic acids is 1. The van der Waals surface area contributed by atoms with E-state index in [2.05, 4.69) is 10.1 Å². The summed E-state index contributed by atoms with van der Waals surface area (Å²) in [6, 6.07) is 0. The van der Waals surface area contributed by atoms with Gasteiger partial charge in [0.25, 0.3) is 12.4 Å². The molecule has 1 atom stereocenters. The summed E-state index contributed by atoms with van der Waals surface area (Å²) >= 11 is 0. The van der Waals surface area contributed by atoms with Crippen molar-refractivity contribution in [1.82, 2.24) is 19.7 Å². The molecule has 1 unspecified atom stereocenters. The van der Waals surface area contributed by atoms with Crippen molar-refractivity contribution in [2.24, 2.45) is 7.05 Å². The Kier molecular flexibility index (Phi) is 6.25. The predicted molar refractivity (Wildman–Crippen MR) is 74.3 cm³/mol. The lowest BCUT2D eigenvalue weighted by atomic mass is 9.96. The maximum Gasteiger partial charge on any atom is 0.343 e. The van der Waals surface area contributed by atoms with Gasteiger partial charge in [0.05, 0.1) is 12.2 Å². The second-order valence-corrected chi connectivity index (χ2v) is 5.04. The molecule has 22 heavy (non-hydrogen) atoms. The molecule has 10 nitrogen and oxygen atoms in total. The van der Waals surface area contributed by atoms with Crippen LogP contribution in [0.15, 0.2) is 4.79 Å². The van der Waals surface area contributed by atoms with Gasteiger partial charge in [0, 0.05) is 20.1 Å². The number of likely N-dealkylation sites (tertiary alicyclic amines) is 1. The highest BCUT2D eigenvalue weighted by atomic mass is 16.3. The summed E-state index contributed by atoms with van der Waals surface area (Å²) in [5, 5.41) is 29.9. The lowest BCUT2D eigenvalue weighted by Crippen LogP contribution is -2.37. The third-order valence-corrected chi connectivity index (χ3v) is 3.47. The Bertz CT molecular complexity index is 568. The number of amides is 1. The van der Waals surface area contributed by atoms with Gasteiger partial charge in [-0.2, -0.15) is 0 Å². The maximum atomic E-state index is 12.2. The Morgan fingerprint density at radius 2 is 2.09 bits per heavy atom. The summed E-state index contributed by atoms with van der Waals surface area (Å²) in [7, 11) is 1.46. The summed E-state index contributed by atoms with van der Waals surface area (Å²) in [6.45, 7) is 0.240. The minimum Gasteiger partial charge on any atom is -0.483 e. The Labute approximate surface area is 126 Å². The highest BCUT2D eigenvalue weighted by Gasteiger charge is 2.31. The smallest absolute Gasteiger partial charge is 0.343 e. The van der Waals surface area contributed by atoms with Crippen LogP contribution in [-0.4, -0.2) is 72.7 Å². The van der Waals surface area contributed by atoms with Crippen LogP contribution < -0.4 is 5.69 Å². The number of aryl methyl sites for hydroxylation is 1. The molecule has 1 fully saturated rings. The van der Waals surface area contributed by atoms with Crippen molar-refractivity contribution < 1.29 is 24.9 Å². The van der Waals surface area contributed by atoms with Crippen LogP contribution in [0.4, 0.5) is 0 Å². The number of aliphatic hydroxyl groups excluding tert-OH is 1. The normalized spacial score (nSPS) is 21.5. The average Bonchev–Trinajstić information content (AvgIpc) is 2.71. The zero-order chi connectivity index (χ0) is 16.8. The molecule has 0 bridgehead atoms. The van der Waals surface area contributed by atoms with E-state index >= 15 is 0 Å². The van der Waals surface area contributed by atoms with Crippen molar-refractivity contribution in [3.63, 3.8) is 0 Å². The average molecular weight is 316 g/mol. The summed E-state index contributed by atoms with van der Waals surface area (Å²) < 4.78 is 1.06. The largest absolute Gasteiger partial charge is 0.483 e. The first-order chi connectivity index (χ1) is 10.4. The number of carboxylic acid groups (broad SMARTS) is 1. The van der Waals surface area contributed by atoms with Crippen LogP contribution in [0.5, 0.6) is 0 Å². The molecule has 1 aliphatic heterocycles. The Morgan fingerprint density at radius 3 is 2.59 bits per heavy atom. The van der Waals surface area contributed by atoms with Crippen molar-refractivity contribution >= 4 is 12.4 Å². The molecular formula is C12H20N4O6. The number of hydrogen-bond donors (Lipinski definition) is 4. The molecule has 0 radical (unpaired) electrons. The van der Waals surface area contributed by atoms with Gasteiger partial charge in [0.2, 0.25) is 5.82 Å². The second-order valence-electron chi connectivity index (χ2n) is 5.04. The molecule has 0 spiro atoms. The van der Waals surface area contributed by atoms with Gasteiger partial charge in [-0.1, -0.05) is 0 Å². The molecule has 2 heterocycles. The van der Waals surface area contributed by atoms with Gasteiger partial charge in [-0.3, -0.25) is 14.6 Å². The topological polar surface area (TPSA) is 149 Å². The Balaban J connectivity index is 0.000000745. The molecule has 124 valence electrons. The number of aromatic nitrogens is 3. The molecule has 1 aromatic rings. The number of hydrogen-bond acceptors (Lipinski definition) is 6. The SMILES string of the molecule is Cn1nc(C(=O)N2CCCC(O)(CO)CC2)[nH]c1=O.O=CO. The third-order valence-electron chi connectivity index (χ3n) is 3.47. The van der Waals surface area contributed by atoms with E-state index in [9.17, 15) is 14.7 Å². The van der Waals surface area contributed by atoms with Crippen molar-refractivity contribution in [1.29, 1.82) is 0 Å². The molecule has 0 saturated carbocycles. The quantitative estimate of drug-likeness (QED) is 0.468. The lowest BCUT2D eigenvalue weighted by Gasteiger charge is -2.24. The molecule has 2 rings (SSSR count). The zero-order valence-electron chi connectivity index (χ0n) is 12.2. The fraction of sp³-hybridized carbons (Fsp3) is 0.667. The number of nitrogens with zero attached hydrogens (tertiary/aromatic N) is 3. The van der Waals surface area contributed by atoms with Gasteiger partial charge < -0.3 is 20.2 Å². The number of carbonyl (C=O) groups is 2. The number of H-pyrrole nitrogens is 1. The molecule has 1 saturated heterocycles. The summed E-state index contributed by atoms with van der Waals surface area (Å²) in [5.74, 6) is -0.359. The second kappa shape index (κ2) is 7.71. The van der Waals surface area contributed by atoms with E-state index in [0.29, 0.717) is 32.4 Å². The fourth-order valence-corrected chi connectivity index (χ4v) is 2.19. The van der Waals surface area contributed by atoms with Crippen LogP contribution in [0, 0.1) is 0 Å². The standard InChI is InChI=1S/C11H18N4O4.CH2O2/c1-14-10(18)12-8(13-14)9(17)15-5-2-3-11(19,7-16)4-6-15;2-1-3/h16,19H,2-7H2,1H3,(H,12,13,18);1H,(H,2,3). The lowest BCUT2D eigenvalue weighted by molar-refractivity contribution is -0.122. The van der Waals surface area contributed by atoms with Crippen LogP contribution >= 0.6 is 0 Å². The van der Waals surface area contributed by atoms with E-state index < -0.39 is 11.3 Å². The summed E-state index contributed by atoms with van der Waals surface area (Å²) in [5.41, 5.74) is -1.56. The summed E-state index contributed by atoms with van der Waals surface area (Å²) in [6.07, 6.45) is 1.36. The molecule has 4 N–H and O–H groups in total. The minimum atomic E-state index is -1.12. The molecule has 0 aliphatic carbocycles. The first kappa shape index (κ1) is 17.9. The zero-order valence-corrected chi connectivity index (χ0v) is 12.2. The van der Waals surface area contributed by atoms with Crippen LogP contribution in [0.1, 0.15) is 29.9 Å². The Hall–Kier alpha value is -2.20. The molecule has 10 heteroatoms. The molecule has 1 amide bonds. The van der Waals surface area contributed by atoms with Gasteiger partial charge in [-0.25, -0.2) is 9.48 Å².